The summed E-state index contributed by atoms with van der Waals surface area (Å²) in [6.45, 7) is 4.90. The first-order chi connectivity index (χ1) is 14.8. The zero-order valence-electron chi connectivity index (χ0n) is 17.7. The van der Waals surface area contributed by atoms with Gasteiger partial charge < -0.3 is 15.4 Å². The molecule has 0 spiro atoms. The number of aliphatic imine (C=N–C) groups is 1. The average molecular weight is 423 g/mol. The average Bonchev–Trinajstić information content (AvgIpc) is 3.25. The highest BCUT2D eigenvalue weighted by Gasteiger charge is 2.03. The molecule has 0 saturated heterocycles. The van der Waals surface area contributed by atoms with Gasteiger partial charge in [-0.1, -0.05) is 61.5 Å². The topological polar surface area (TPSA) is 58.5 Å². The van der Waals surface area contributed by atoms with E-state index in [0.717, 1.165) is 30.4 Å². The fourth-order valence-electron chi connectivity index (χ4n) is 3.01. The number of aromatic nitrogens is 1. The van der Waals surface area contributed by atoms with Crippen LogP contribution in [0.25, 0.3) is 0 Å². The predicted octanol–water partition coefficient (Wildman–Crippen LogP) is 4.33. The van der Waals surface area contributed by atoms with Crippen LogP contribution in [-0.2, 0) is 37.3 Å². The number of nitrogens with one attached hydrogen (secondary N) is 2. The summed E-state index contributed by atoms with van der Waals surface area (Å²) in [6, 6.07) is 18.7. The van der Waals surface area contributed by atoms with Crippen LogP contribution < -0.4 is 10.6 Å². The summed E-state index contributed by atoms with van der Waals surface area (Å²) in [4.78, 5) is 10.1. The number of hydrogen-bond acceptors (Lipinski definition) is 4. The molecule has 1 aromatic heterocycles. The molecule has 0 saturated carbocycles. The lowest BCUT2D eigenvalue weighted by Crippen LogP contribution is -2.37. The van der Waals surface area contributed by atoms with E-state index in [1.807, 2.05) is 24.4 Å². The molecule has 158 valence electrons. The molecule has 1 heterocycles. The molecule has 3 aromatic rings. The van der Waals surface area contributed by atoms with Gasteiger partial charge >= 0.3 is 0 Å². The monoisotopic (exact) mass is 422 g/mol. The summed E-state index contributed by atoms with van der Waals surface area (Å²) in [7, 11) is 1.79. The molecule has 0 bridgehead atoms. The van der Waals surface area contributed by atoms with Crippen LogP contribution in [0.3, 0.4) is 0 Å². The van der Waals surface area contributed by atoms with Crippen molar-refractivity contribution in [3.63, 3.8) is 0 Å². The second-order valence-electron chi connectivity index (χ2n) is 6.97. The molecule has 5 nitrogen and oxygen atoms in total. The Labute approximate surface area is 183 Å². The van der Waals surface area contributed by atoms with Crippen molar-refractivity contribution < 1.29 is 4.74 Å². The van der Waals surface area contributed by atoms with Crippen molar-refractivity contribution in [1.82, 2.24) is 15.6 Å². The van der Waals surface area contributed by atoms with E-state index in [0.29, 0.717) is 19.8 Å². The molecule has 0 radical (unpaired) electrons. The number of thiazole rings is 1. The zero-order chi connectivity index (χ0) is 21.0. The molecule has 3 rings (SSSR count). The number of hydrogen-bond donors (Lipinski definition) is 2. The third-order valence-electron chi connectivity index (χ3n) is 4.64. The first-order valence-electron chi connectivity index (χ1n) is 10.3. The Balaban J connectivity index is 1.40. The van der Waals surface area contributed by atoms with Crippen LogP contribution in [0.1, 0.15) is 33.5 Å². The van der Waals surface area contributed by atoms with E-state index in [1.54, 1.807) is 18.4 Å². The van der Waals surface area contributed by atoms with E-state index < -0.39 is 0 Å². The molecule has 2 aromatic carbocycles. The van der Waals surface area contributed by atoms with E-state index in [-0.39, 0.29) is 0 Å². The second-order valence-corrected chi connectivity index (χ2v) is 8.17. The summed E-state index contributed by atoms with van der Waals surface area (Å²) in [5.74, 6) is 0.799. The van der Waals surface area contributed by atoms with Gasteiger partial charge in [0, 0.05) is 37.6 Å². The molecule has 6 heteroatoms. The van der Waals surface area contributed by atoms with Gasteiger partial charge in [-0.2, -0.15) is 0 Å². The van der Waals surface area contributed by atoms with Crippen molar-refractivity contribution in [3.05, 3.63) is 87.4 Å². The minimum absolute atomic E-state index is 0.600. The molecule has 0 atom stereocenters. The highest BCUT2D eigenvalue weighted by molar-refractivity contribution is 7.11. The van der Waals surface area contributed by atoms with Crippen molar-refractivity contribution in [3.8, 4) is 0 Å². The van der Waals surface area contributed by atoms with Gasteiger partial charge in [-0.05, 0) is 23.1 Å². The highest BCUT2D eigenvalue weighted by atomic mass is 32.1. The highest BCUT2D eigenvalue weighted by Crippen LogP contribution is 2.13. The van der Waals surface area contributed by atoms with Gasteiger partial charge in [0.1, 0.15) is 0 Å². The van der Waals surface area contributed by atoms with Gasteiger partial charge in [0.2, 0.25) is 0 Å². The van der Waals surface area contributed by atoms with Gasteiger partial charge in [0.15, 0.2) is 5.96 Å². The van der Waals surface area contributed by atoms with Crippen molar-refractivity contribution in [1.29, 1.82) is 0 Å². The molecule has 30 heavy (non-hydrogen) atoms. The Bertz CT molecular complexity index is 924. The first kappa shape index (κ1) is 22.0. The maximum atomic E-state index is 5.85. The maximum absolute atomic E-state index is 5.85. The third kappa shape index (κ3) is 7.28. The molecule has 0 aliphatic rings. The SMILES string of the molecule is CCc1cnc(CCNC(=NC)NCc2cccc(COCc3ccccc3)c2)s1. The fraction of sp³-hybridized carbons (Fsp3) is 0.333. The van der Waals surface area contributed by atoms with Crippen molar-refractivity contribution in [2.24, 2.45) is 4.99 Å². The van der Waals surface area contributed by atoms with E-state index in [9.17, 15) is 0 Å². The van der Waals surface area contributed by atoms with Crippen LogP contribution in [0.4, 0.5) is 0 Å². The van der Waals surface area contributed by atoms with Gasteiger partial charge in [-0.3, -0.25) is 4.99 Å². The maximum Gasteiger partial charge on any atom is 0.191 e. The van der Waals surface area contributed by atoms with Crippen LogP contribution in [0.15, 0.2) is 65.8 Å². The molecular weight excluding hydrogens is 392 g/mol. The van der Waals surface area contributed by atoms with Crippen LogP contribution in [-0.4, -0.2) is 24.5 Å². The molecule has 0 unspecified atom stereocenters. The Morgan fingerprint density at radius 3 is 2.53 bits per heavy atom. The number of rotatable bonds is 10. The summed E-state index contributed by atoms with van der Waals surface area (Å²) in [6.07, 6.45) is 3.92. The largest absolute Gasteiger partial charge is 0.372 e. The Morgan fingerprint density at radius 2 is 1.77 bits per heavy atom. The molecule has 0 aliphatic heterocycles. The van der Waals surface area contributed by atoms with E-state index in [2.05, 4.69) is 63.9 Å². The normalized spacial score (nSPS) is 11.5. The van der Waals surface area contributed by atoms with Gasteiger partial charge in [-0.25, -0.2) is 4.98 Å². The van der Waals surface area contributed by atoms with E-state index in [4.69, 9.17) is 4.74 Å². The van der Waals surface area contributed by atoms with Crippen molar-refractivity contribution in [2.45, 2.75) is 39.5 Å². The Morgan fingerprint density at radius 1 is 1.00 bits per heavy atom. The zero-order valence-corrected chi connectivity index (χ0v) is 18.5. The summed E-state index contributed by atoms with van der Waals surface area (Å²) in [5.41, 5.74) is 3.56. The molecular formula is C24H30N4OS. The third-order valence-corrected chi connectivity index (χ3v) is 5.84. The smallest absolute Gasteiger partial charge is 0.191 e. The lowest BCUT2D eigenvalue weighted by atomic mass is 10.1. The summed E-state index contributed by atoms with van der Waals surface area (Å²) < 4.78 is 5.85. The van der Waals surface area contributed by atoms with Crippen molar-refractivity contribution in [2.75, 3.05) is 13.6 Å². The lowest BCUT2D eigenvalue weighted by molar-refractivity contribution is 0.107. The van der Waals surface area contributed by atoms with Crippen LogP contribution in [0.2, 0.25) is 0 Å². The number of guanidine groups is 1. The van der Waals surface area contributed by atoms with Crippen molar-refractivity contribution >= 4 is 17.3 Å². The van der Waals surface area contributed by atoms with Gasteiger partial charge in [0.25, 0.3) is 0 Å². The fourth-order valence-corrected chi connectivity index (χ4v) is 3.87. The lowest BCUT2D eigenvalue weighted by Gasteiger charge is -2.12. The standard InChI is InChI=1S/C24H30N4OS/c1-3-22-16-27-23(30-22)12-13-26-24(25-2)28-15-20-10-7-11-21(14-20)18-29-17-19-8-5-4-6-9-19/h4-11,14,16H,3,12-13,15,17-18H2,1-2H3,(H2,25,26,28). The Hall–Kier alpha value is -2.70. The van der Waals surface area contributed by atoms with Gasteiger partial charge in [-0.15, -0.1) is 11.3 Å². The predicted molar refractivity (Wildman–Crippen MR) is 125 cm³/mol. The minimum Gasteiger partial charge on any atom is -0.372 e. The second kappa shape index (κ2) is 12.1. The van der Waals surface area contributed by atoms with E-state index >= 15 is 0 Å². The molecule has 0 fully saturated rings. The number of aryl methyl sites for hydroxylation is 1. The van der Waals surface area contributed by atoms with Gasteiger partial charge in [0.05, 0.1) is 18.2 Å². The minimum atomic E-state index is 0.600. The van der Waals surface area contributed by atoms with Crippen LogP contribution >= 0.6 is 11.3 Å². The molecule has 0 aliphatic carbocycles. The quantitative estimate of drug-likeness (QED) is 0.377. The number of nitrogens with zero attached hydrogens (tertiary/aromatic N) is 2. The first-order valence-corrected chi connectivity index (χ1v) is 11.2. The summed E-state index contributed by atoms with van der Waals surface area (Å²) >= 11 is 1.79. The molecule has 2 N–H and O–H groups in total. The molecule has 0 amide bonds. The van der Waals surface area contributed by atoms with E-state index in [1.165, 1.54) is 21.6 Å². The Kier molecular flexibility index (Phi) is 8.87. The summed E-state index contributed by atoms with van der Waals surface area (Å²) in [5, 5.41) is 7.91. The van der Waals surface area contributed by atoms with Crippen LogP contribution in [0, 0.1) is 0 Å². The van der Waals surface area contributed by atoms with Crippen LogP contribution in [0.5, 0.6) is 0 Å². The number of benzene rings is 2. The number of ether oxygens (including phenoxy) is 1.